The number of carbonyl (C=O) groups is 2. The van der Waals surface area contributed by atoms with Gasteiger partial charge in [0.25, 0.3) is 0 Å². The van der Waals surface area contributed by atoms with Crippen molar-refractivity contribution in [3.63, 3.8) is 0 Å². The van der Waals surface area contributed by atoms with E-state index in [4.69, 9.17) is 11.1 Å². The lowest BCUT2D eigenvalue weighted by Gasteiger charge is -2.16. The van der Waals surface area contributed by atoms with Crippen LogP contribution in [0.15, 0.2) is 22.9 Å². The maximum absolute atomic E-state index is 11.4. The van der Waals surface area contributed by atoms with Crippen molar-refractivity contribution in [1.82, 2.24) is 5.32 Å². The maximum Gasteiger partial charge on any atom is 0.316 e. The summed E-state index contributed by atoms with van der Waals surface area (Å²) in [4.78, 5) is 22.0. The van der Waals surface area contributed by atoms with E-state index < -0.39 is 6.03 Å². The summed E-state index contributed by atoms with van der Waals surface area (Å²) in [6, 6.07) is -0.798. The van der Waals surface area contributed by atoms with Crippen LogP contribution >= 0.6 is 0 Å². The summed E-state index contributed by atoms with van der Waals surface area (Å²) in [6.45, 7) is 3.27. The Labute approximate surface area is 81.2 Å². The van der Waals surface area contributed by atoms with E-state index in [1.165, 1.54) is 6.08 Å². The Morgan fingerprint density at radius 2 is 2.07 bits per heavy atom. The van der Waals surface area contributed by atoms with Crippen LogP contribution in [0.1, 0.15) is 13.8 Å². The van der Waals surface area contributed by atoms with Crippen LogP contribution in [0.4, 0.5) is 4.79 Å². The van der Waals surface area contributed by atoms with Crippen molar-refractivity contribution >= 4 is 17.5 Å². The number of ketones is 1. The monoisotopic (exact) mass is 193 g/mol. The molecule has 0 radical (unpaired) electrons. The number of carbonyl (C=O) groups excluding carboxylic acids is 2. The molecule has 0 aromatic carbocycles. The van der Waals surface area contributed by atoms with Gasteiger partial charge in [-0.25, -0.2) is 4.79 Å². The molecule has 0 unspecified atom stereocenters. The topological polar surface area (TPSA) is 96.0 Å². The molecule has 1 aliphatic rings. The predicted octanol–water partition coefficient (Wildman–Crippen LogP) is 0.477. The summed E-state index contributed by atoms with van der Waals surface area (Å²) in [7, 11) is 0. The van der Waals surface area contributed by atoms with Gasteiger partial charge in [0.05, 0.1) is 11.4 Å². The summed E-state index contributed by atoms with van der Waals surface area (Å²) < 4.78 is 0. The van der Waals surface area contributed by atoms with Crippen molar-refractivity contribution in [2.75, 3.05) is 0 Å². The third-order valence-electron chi connectivity index (χ3n) is 1.99. The smallest absolute Gasteiger partial charge is 0.316 e. The van der Waals surface area contributed by atoms with E-state index in [9.17, 15) is 9.59 Å². The normalized spacial score (nSPS) is 16.9. The van der Waals surface area contributed by atoms with Gasteiger partial charge in [0, 0.05) is 5.57 Å². The highest BCUT2D eigenvalue weighted by molar-refractivity contribution is 6.23. The van der Waals surface area contributed by atoms with E-state index in [-0.39, 0.29) is 17.2 Å². The van der Waals surface area contributed by atoms with E-state index in [1.54, 1.807) is 13.8 Å². The Kier molecular flexibility index (Phi) is 2.51. The molecule has 0 fully saturated rings. The number of hydrogen-bond acceptors (Lipinski definition) is 3. The quantitative estimate of drug-likeness (QED) is 0.528. The summed E-state index contributed by atoms with van der Waals surface area (Å²) in [6.07, 6.45) is 1.31. The Bertz CT molecular complexity index is 391. The maximum atomic E-state index is 11.4. The van der Waals surface area contributed by atoms with E-state index in [0.29, 0.717) is 11.1 Å². The largest absolute Gasteiger partial charge is 0.351 e. The Morgan fingerprint density at radius 1 is 1.50 bits per heavy atom. The van der Waals surface area contributed by atoms with Crippen molar-refractivity contribution in [3.8, 4) is 0 Å². The SMILES string of the molecule is CC1=CC(=O)C(NC(N)=O)=C(C)C1=N. The fourth-order valence-electron chi connectivity index (χ4n) is 1.23. The van der Waals surface area contributed by atoms with E-state index >= 15 is 0 Å². The molecule has 0 saturated carbocycles. The van der Waals surface area contributed by atoms with Gasteiger partial charge in [-0.05, 0) is 25.5 Å². The number of amides is 2. The molecule has 74 valence electrons. The fourth-order valence-corrected chi connectivity index (χ4v) is 1.23. The second-order valence-electron chi connectivity index (χ2n) is 3.06. The Morgan fingerprint density at radius 3 is 2.57 bits per heavy atom. The molecule has 5 nitrogen and oxygen atoms in total. The van der Waals surface area contributed by atoms with Crippen LogP contribution in [0.25, 0.3) is 0 Å². The molecular weight excluding hydrogens is 182 g/mol. The number of nitrogens with one attached hydrogen (secondary N) is 2. The average Bonchev–Trinajstić information content (AvgIpc) is 2.09. The second kappa shape index (κ2) is 3.45. The molecular formula is C9H11N3O2. The number of allylic oxidation sites excluding steroid dienone is 3. The molecule has 0 atom stereocenters. The van der Waals surface area contributed by atoms with Crippen LogP contribution in [0.2, 0.25) is 0 Å². The van der Waals surface area contributed by atoms with Crippen molar-refractivity contribution in [3.05, 3.63) is 22.9 Å². The van der Waals surface area contributed by atoms with Crippen molar-refractivity contribution in [2.24, 2.45) is 5.73 Å². The summed E-state index contributed by atoms with van der Waals surface area (Å²) in [5, 5.41) is 9.81. The highest BCUT2D eigenvalue weighted by Gasteiger charge is 2.21. The first-order valence-electron chi connectivity index (χ1n) is 4.02. The molecule has 0 bridgehead atoms. The number of primary amides is 1. The third kappa shape index (κ3) is 1.71. The second-order valence-corrected chi connectivity index (χ2v) is 3.06. The first-order valence-corrected chi connectivity index (χ1v) is 4.02. The predicted molar refractivity (Wildman–Crippen MR) is 51.9 cm³/mol. The van der Waals surface area contributed by atoms with Crippen LogP contribution in [0, 0.1) is 5.41 Å². The van der Waals surface area contributed by atoms with Gasteiger partial charge in [-0.15, -0.1) is 0 Å². The zero-order valence-corrected chi connectivity index (χ0v) is 7.97. The number of urea groups is 1. The summed E-state index contributed by atoms with van der Waals surface area (Å²) >= 11 is 0. The van der Waals surface area contributed by atoms with Gasteiger partial charge in [-0.1, -0.05) is 0 Å². The Balaban J connectivity index is 3.10. The summed E-state index contributed by atoms with van der Waals surface area (Å²) in [5.41, 5.74) is 6.26. The van der Waals surface area contributed by atoms with E-state index in [0.717, 1.165) is 0 Å². The highest BCUT2D eigenvalue weighted by Crippen LogP contribution is 2.16. The molecule has 1 aliphatic carbocycles. The molecule has 0 heterocycles. The minimum absolute atomic E-state index is 0.0908. The molecule has 0 saturated heterocycles. The van der Waals surface area contributed by atoms with Gasteiger partial charge in [0.2, 0.25) is 5.78 Å². The lowest BCUT2D eigenvalue weighted by molar-refractivity contribution is -0.111. The van der Waals surface area contributed by atoms with Gasteiger partial charge in [-0.3, -0.25) is 4.79 Å². The van der Waals surface area contributed by atoms with Gasteiger partial charge in [0.1, 0.15) is 0 Å². The number of nitrogens with two attached hydrogens (primary N) is 1. The highest BCUT2D eigenvalue weighted by atomic mass is 16.2. The van der Waals surface area contributed by atoms with Crippen LogP contribution in [-0.2, 0) is 4.79 Å². The van der Waals surface area contributed by atoms with E-state index in [1.807, 2.05) is 0 Å². The average molecular weight is 193 g/mol. The fraction of sp³-hybridized carbons (Fsp3) is 0.222. The molecule has 0 aliphatic heterocycles. The van der Waals surface area contributed by atoms with Crippen LogP contribution in [0.3, 0.4) is 0 Å². The number of rotatable bonds is 1. The summed E-state index contributed by atoms with van der Waals surface area (Å²) in [5.74, 6) is -0.324. The van der Waals surface area contributed by atoms with E-state index in [2.05, 4.69) is 5.32 Å². The first kappa shape index (κ1) is 10.2. The van der Waals surface area contributed by atoms with Crippen molar-refractivity contribution < 1.29 is 9.59 Å². The molecule has 0 aromatic rings. The molecule has 0 spiro atoms. The minimum Gasteiger partial charge on any atom is -0.351 e. The van der Waals surface area contributed by atoms with Gasteiger partial charge in [0.15, 0.2) is 0 Å². The lowest BCUT2D eigenvalue weighted by Crippen LogP contribution is -2.35. The lowest BCUT2D eigenvalue weighted by atomic mass is 9.95. The van der Waals surface area contributed by atoms with Crippen LogP contribution < -0.4 is 11.1 Å². The van der Waals surface area contributed by atoms with Gasteiger partial charge < -0.3 is 16.5 Å². The zero-order chi connectivity index (χ0) is 10.9. The molecule has 5 heteroatoms. The van der Waals surface area contributed by atoms with Gasteiger partial charge >= 0.3 is 6.03 Å². The van der Waals surface area contributed by atoms with Gasteiger partial charge in [-0.2, -0.15) is 0 Å². The van der Waals surface area contributed by atoms with Crippen molar-refractivity contribution in [2.45, 2.75) is 13.8 Å². The molecule has 14 heavy (non-hydrogen) atoms. The third-order valence-corrected chi connectivity index (χ3v) is 1.99. The standard InChI is InChI=1S/C9H11N3O2/c1-4-3-6(13)8(12-9(11)14)5(2)7(4)10/h3,10H,1-2H3,(H3,11,12,14). The van der Waals surface area contributed by atoms with Crippen molar-refractivity contribution in [1.29, 1.82) is 5.41 Å². The molecule has 4 N–H and O–H groups in total. The minimum atomic E-state index is -0.798. The molecule has 0 aromatic heterocycles. The first-order chi connectivity index (χ1) is 6.43. The molecule has 1 rings (SSSR count). The van der Waals surface area contributed by atoms with Crippen LogP contribution in [0.5, 0.6) is 0 Å². The van der Waals surface area contributed by atoms with Crippen LogP contribution in [-0.4, -0.2) is 17.5 Å². The molecule has 2 amide bonds. The zero-order valence-electron chi connectivity index (χ0n) is 7.97. The Hall–Kier alpha value is -1.91. The number of hydrogen-bond donors (Lipinski definition) is 3.